The third-order valence-electron chi connectivity index (χ3n) is 3.47. The Kier molecular flexibility index (Phi) is 5.63. The minimum Gasteiger partial charge on any atom is -0.301 e. The molecule has 1 aliphatic heterocycles. The molecule has 0 saturated heterocycles. The molecule has 0 radical (unpaired) electrons. The number of anilines is 1. The monoisotopic (exact) mass is 393 g/mol. The van der Waals surface area contributed by atoms with Gasteiger partial charge in [0, 0.05) is 15.5 Å². The van der Waals surface area contributed by atoms with Crippen molar-refractivity contribution in [3.8, 4) is 0 Å². The van der Waals surface area contributed by atoms with E-state index in [1.807, 2.05) is 24.3 Å². The lowest BCUT2D eigenvalue weighted by molar-refractivity contribution is -0.122. The van der Waals surface area contributed by atoms with E-state index >= 15 is 0 Å². The normalized spacial score (nSPS) is 13.8. The molecule has 0 fully saturated rings. The highest BCUT2D eigenvalue weighted by Gasteiger charge is 2.25. The van der Waals surface area contributed by atoms with Crippen LogP contribution in [0.1, 0.15) is 5.56 Å². The van der Waals surface area contributed by atoms with Gasteiger partial charge in [-0.25, -0.2) is 5.43 Å². The zero-order valence-electron chi connectivity index (χ0n) is 12.9. The number of amides is 2. The van der Waals surface area contributed by atoms with Crippen LogP contribution in [-0.2, 0) is 9.59 Å². The van der Waals surface area contributed by atoms with Crippen LogP contribution in [0.25, 0.3) is 0 Å². The molecule has 0 spiro atoms. The molecule has 0 saturated carbocycles. The van der Waals surface area contributed by atoms with Crippen molar-refractivity contribution in [2.75, 3.05) is 17.2 Å². The van der Waals surface area contributed by atoms with Crippen molar-refractivity contribution in [2.45, 2.75) is 4.90 Å². The lowest BCUT2D eigenvalue weighted by atomic mass is 10.2. The number of halogens is 2. The molecule has 0 unspecified atom stereocenters. The van der Waals surface area contributed by atoms with Gasteiger partial charge in [0.2, 0.25) is 5.91 Å². The number of rotatable bonds is 4. The van der Waals surface area contributed by atoms with Crippen molar-refractivity contribution >= 4 is 58.7 Å². The number of carbonyl (C=O) groups excluding carboxylic acids is 2. The SMILES string of the molecule is O=C(CN1C(=O)CSc2ccccc21)N/N=C\c1ccc(Cl)cc1Cl. The van der Waals surface area contributed by atoms with Crippen LogP contribution >= 0.6 is 35.0 Å². The third kappa shape index (κ3) is 4.34. The van der Waals surface area contributed by atoms with Crippen LogP contribution in [0.4, 0.5) is 5.69 Å². The van der Waals surface area contributed by atoms with E-state index in [1.54, 1.807) is 18.2 Å². The number of thioether (sulfide) groups is 1. The molecule has 0 aliphatic carbocycles. The predicted molar refractivity (Wildman–Crippen MR) is 102 cm³/mol. The summed E-state index contributed by atoms with van der Waals surface area (Å²) in [6, 6.07) is 12.5. The molecule has 0 aromatic heterocycles. The fourth-order valence-corrected chi connectivity index (χ4v) is 3.68. The maximum Gasteiger partial charge on any atom is 0.260 e. The summed E-state index contributed by atoms with van der Waals surface area (Å²) < 4.78 is 0. The number of hydrogen-bond acceptors (Lipinski definition) is 4. The number of benzene rings is 2. The van der Waals surface area contributed by atoms with E-state index in [2.05, 4.69) is 10.5 Å². The maximum absolute atomic E-state index is 12.1. The molecule has 25 heavy (non-hydrogen) atoms. The van der Waals surface area contributed by atoms with Crippen LogP contribution in [0.5, 0.6) is 0 Å². The number of hydrogen-bond donors (Lipinski definition) is 1. The quantitative estimate of drug-likeness (QED) is 0.637. The van der Waals surface area contributed by atoms with Gasteiger partial charge >= 0.3 is 0 Å². The molecule has 3 rings (SSSR count). The number of hydrazone groups is 1. The van der Waals surface area contributed by atoms with E-state index < -0.39 is 5.91 Å². The molecule has 0 atom stereocenters. The van der Waals surface area contributed by atoms with Crippen molar-refractivity contribution in [1.82, 2.24) is 5.43 Å². The summed E-state index contributed by atoms with van der Waals surface area (Å²) in [5.74, 6) is -0.187. The fraction of sp³-hybridized carbons (Fsp3) is 0.118. The number of nitrogens with one attached hydrogen (secondary N) is 1. The zero-order valence-corrected chi connectivity index (χ0v) is 15.2. The highest BCUT2D eigenvalue weighted by Crippen LogP contribution is 2.34. The van der Waals surface area contributed by atoms with Crippen LogP contribution < -0.4 is 10.3 Å². The summed E-state index contributed by atoms with van der Waals surface area (Å²) in [7, 11) is 0. The largest absolute Gasteiger partial charge is 0.301 e. The van der Waals surface area contributed by atoms with Crippen LogP contribution in [0.3, 0.4) is 0 Å². The summed E-state index contributed by atoms with van der Waals surface area (Å²) in [5, 5.41) is 4.84. The molecule has 1 aliphatic rings. The van der Waals surface area contributed by atoms with Crippen LogP contribution in [0, 0.1) is 0 Å². The molecule has 1 heterocycles. The van der Waals surface area contributed by atoms with Crippen LogP contribution in [0.2, 0.25) is 10.0 Å². The molecule has 2 amide bonds. The lowest BCUT2D eigenvalue weighted by Gasteiger charge is -2.27. The average Bonchev–Trinajstić information content (AvgIpc) is 2.59. The molecule has 2 aromatic carbocycles. The Morgan fingerprint density at radius 2 is 2.08 bits per heavy atom. The highest BCUT2D eigenvalue weighted by molar-refractivity contribution is 8.00. The van der Waals surface area contributed by atoms with Gasteiger partial charge < -0.3 is 4.90 Å². The molecular formula is C17H13Cl2N3O2S. The third-order valence-corrected chi connectivity index (χ3v) is 5.08. The van der Waals surface area contributed by atoms with Crippen molar-refractivity contribution in [2.24, 2.45) is 5.10 Å². The molecule has 8 heteroatoms. The maximum atomic E-state index is 12.1. The number of carbonyl (C=O) groups is 2. The van der Waals surface area contributed by atoms with E-state index in [9.17, 15) is 9.59 Å². The van der Waals surface area contributed by atoms with Gasteiger partial charge in [0.25, 0.3) is 5.91 Å². The molecule has 2 aromatic rings. The Hall–Kier alpha value is -2.02. The van der Waals surface area contributed by atoms with Gasteiger partial charge in [0.15, 0.2) is 0 Å². The summed E-state index contributed by atoms with van der Waals surface area (Å²) in [5.41, 5.74) is 3.78. The fourth-order valence-electron chi connectivity index (χ4n) is 2.29. The second kappa shape index (κ2) is 7.91. The second-order valence-corrected chi connectivity index (χ2v) is 7.06. The van der Waals surface area contributed by atoms with Crippen molar-refractivity contribution in [3.63, 3.8) is 0 Å². The average molecular weight is 394 g/mol. The molecular weight excluding hydrogens is 381 g/mol. The first-order chi connectivity index (χ1) is 12.0. The van der Waals surface area contributed by atoms with E-state index in [4.69, 9.17) is 23.2 Å². The van der Waals surface area contributed by atoms with Crippen molar-refractivity contribution in [3.05, 3.63) is 58.1 Å². The van der Waals surface area contributed by atoms with E-state index in [0.717, 1.165) is 10.6 Å². The minimum absolute atomic E-state index is 0.0951. The zero-order chi connectivity index (χ0) is 17.8. The van der Waals surface area contributed by atoms with Gasteiger partial charge in [-0.2, -0.15) is 5.10 Å². The van der Waals surface area contributed by atoms with E-state index in [0.29, 0.717) is 21.4 Å². The number of fused-ring (bicyclic) bond motifs is 1. The van der Waals surface area contributed by atoms with Crippen LogP contribution in [0.15, 0.2) is 52.5 Å². The van der Waals surface area contributed by atoms with E-state index in [-0.39, 0.29) is 12.5 Å². The highest BCUT2D eigenvalue weighted by atomic mass is 35.5. The molecule has 1 N–H and O–H groups in total. The molecule has 5 nitrogen and oxygen atoms in total. The van der Waals surface area contributed by atoms with Gasteiger partial charge in [-0.3, -0.25) is 9.59 Å². The first-order valence-corrected chi connectivity index (χ1v) is 9.08. The van der Waals surface area contributed by atoms with Gasteiger partial charge in [0.05, 0.1) is 22.7 Å². The standard InChI is InChI=1S/C17H13Cl2N3O2S/c18-12-6-5-11(13(19)7-12)8-20-21-16(23)9-22-14-3-1-2-4-15(14)25-10-17(22)24/h1-8H,9-10H2,(H,21,23)/b20-8-. The lowest BCUT2D eigenvalue weighted by Crippen LogP contribution is -2.42. The summed E-state index contributed by atoms with van der Waals surface area (Å²) >= 11 is 13.3. The Labute approximate surface area is 159 Å². The number of nitrogens with zero attached hydrogens (tertiary/aromatic N) is 2. The molecule has 128 valence electrons. The Balaban J connectivity index is 1.65. The Morgan fingerprint density at radius 3 is 2.88 bits per heavy atom. The van der Waals surface area contributed by atoms with Gasteiger partial charge in [-0.05, 0) is 24.3 Å². The second-order valence-electron chi connectivity index (χ2n) is 5.20. The van der Waals surface area contributed by atoms with Gasteiger partial charge in [-0.1, -0.05) is 41.4 Å². The van der Waals surface area contributed by atoms with Crippen molar-refractivity contribution in [1.29, 1.82) is 0 Å². The number of para-hydroxylation sites is 1. The van der Waals surface area contributed by atoms with Crippen LogP contribution in [-0.4, -0.2) is 30.3 Å². The van der Waals surface area contributed by atoms with E-state index in [1.165, 1.54) is 22.9 Å². The Bertz CT molecular complexity index is 858. The first kappa shape index (κ1) is 17.8. The predicted octanol–water partition coefficient (Wildman–Crippen LogP) is 3.58. The van der Waals surface area contributed by atoms with Gasteiger partial charge in [0.1, 0.15) is 6.54 Å². The molecule has 0 bridgehead atoms. The Morgan fingerprint density at radius 1 is 1.28 bits per heavy atom. The summed E-state index contributed by atoms with van der Waals surface area (Å²) in [6.07, 6.45) is 1.43. The summed E-state index contributed by atoms with van der Waals surface area (Å²) in [6.45, 7) is -0.0951. The summed E-state index contributed by atoms with van der Waals surface area (Å²) in [4.78, 5) is 26.7. The topological polar surface area (TPSA) is 61.8 Å². The smallest absolute Gasteiger partial charge is 0.260 e. The van der Waals surface area contributed by atoms with Crippen molar-refractivity contribution < 1.29 is 9.59 Å². The first-order valence-electron chi connectivity index (χ1n) is 7.34. The van der Waals surface area contributed by atoms with Gasteiger partial charge in [-0.15, -0.1) is 11.8 Å². The minimum atomic E-state index is -0.392.